The molecule has 2 rings (SSSR count). The van der Waals surface area contributed by atoms with Crippen LogP contribution in [-0.4, -0.2) is 47.1 Å². The third-order valence-electron chi connectivity index (χ3n) is 3.53. The number of nitrogens with one attached hydrogen (secondary N) is 1. The van der Waals surface area contributed by atoms with Crippen LogP contribution in [0.1, 0.15) is 30.1 Å². The average Bonchev–Trinajstić information content (AvgIpc) is 2.90. The number of rotatable bonds is 6. The molecule has 6 heteroatoms. The molecule has 0 radical (unpaired) electrons. The van der Waals surface area contributed by atoms with Gasteiger partial charge in [-0.1, -0.05) is 6.92 Å². The third-order valence-corrected chi connectivity index (χ3v) is 3.53. The fraction of sp³-hybridized carbons (Fsp3) is 0.571. The standard InChI is InChI=1S/C14H22N4O2/c1-10(9-18-4-2-3-5-18)7-16-13-12(14(19)20)6-11(15)8-17-13/h6,8,10H,2-5,7,9,15H2,1H3,(H,16,17)(H,19,20). The molecule has 0 aliphatic carbocycles. The van der Waals surface area contributed by atoms with Crippen molar-refractivity contribution >= 4 is 17.5 Å². The molecule has 0 saturated carbocycles. The molecule has 6 nitrogen and oxygen atoms in total. The number of aromatic nitrogens is 1. The van der Waals surface area contributed by atoms with Gasteiger partial charge in [-0.25, -0.2) is 9.78 Å². The number of aromatic carboxylic acids is 1. The molecule has 0 amide bonds. The van der Waals surface area contributed by atoms with E-state index in [1.54, 1.807) is 0 Å². The molecule has 1 aliphatic heterocycles. The topological polar surface area (TPSA) is 91.5 Å². The number of anilines is 2. The van der Waals surface area contributed by atoms with Crippen LogP contribution in [0.2, 0.25) is 0 Å². The van der Waals surface area contributed by atoms with E-state index >= 15 is 0 Å². The number of nitrogens with two attached hydrogens (primary N) is 1. The van der Waals surface area contributed by atoms with E-state index in [1.165, 1.54) is 38.2 Å². The summed E-state index contributed by atoms with van der Waals surface area (Å²) in [4.78, 5) is 17.7. The van der Waals surface area contributed by atoms with E-state index in [-0.39, 0.29) is 5.56 Å². The lowest BCUT2D eigenvalue weighted by molar-refractivity contribution is 0.0697. The first kappa shape index (κ1) is 14.6. The molecule has 1 fully saturated rings. The molecular weight excluding hydrogens is 256 g/mol. The summed E-state index contributed by atoms with van der Waals surface area (Å²) in [5, 5.41) is 12.3. The molecule has 0 spiro atoms. The third kappa shape index (κ3) is 3.84. The van der Waals surface area contributed by atoms with Gasteiger partial charge in [0.05, 0.1) is 11.9 Å². The lowest BCUT2D eigenvalue weighted by Crippen LogP contribution is -2.29. The van der Waals surface area contributed by atoms with Crippen LogP contribution in [0.25, 0.3) is 0 Å². The average molecular weight is 278 g/mol. The molecule has 1 saturated heterocycles. The van der Waals surface area contributed by atoms with Gasteiger partial charge in [-0.05, 0) is 37.9 Å². The first-order valence-corrected chi connectivity index (χ1v) is 7.01. The lowest BCUT2D eigenvalue weighted by atomic mass is 10.1. The first-order valence-electron chi connectivity index (χ1n) is 7.01. The second-order valence-electron chi connectivity index (χ2n) is 5.46. The van der Waals surface area contributed by atoms with Crippen molar-refractivity contribution in [3.63, 3.8) is 0 Å². The van der Waals surface area contributed by atoms with Crippen molar-refractivity contribution in [1.82, 2.24) is 9.88 Å². The van der Waals surface area contributed by atoms with Crippen LogP contribution in [-0.2, 0) is 0 Å². The molecule has 1 aromatic rings. The van der Waals surface area contributed by atoms with E-state index in [4.69, 9.17) is 10.8 Å². The maximum absolute atomic E-state index is 11.2. The Hall–Kier alpha value is -1.82. The van der Waals surface area contributed by atoms with Crippen molar-refractivity contribution in [2.75, 3.05) is 37.2 Å². The number of hydrogen-bond donors (Lipinski definition) is 3. The van der Waals surface area contributed by atoms with E-state index in [0.717, 1.165) is 6.54 Å². The van der Waals surface area contributed by atoms with E-state index in [1.807, 2.05) is 0 Å². The molecule has 1 unspecified atom stereocenters. The second kappa shape index (κ2) is 6.56. The summed E-state index contributed by atoms with van der Waals surface area (Å²) in [6, 6.07) is 1.43. The summed E-state index contributed by atoms with van der Waals surface area (Å²) in [5.41, 5.74) is 6.05. The van der Waals surface area contributed by atoms with Crippen LogP contribution in [0, 0.1) is 5.92 Å². The van der Waals surface area contributed by atoms with Crippen molar-refractivity contribution < 1.29 is 9.90 Å². The highest BCUT2D eigenvalue weighted by atomic mass is 16.4. The lowest BCUT2D eigenvalue weighted by Gasteiger charge is -2.21. The van der Waals surface area contributed by atoms with Crippen LogP contribution < -0.4 is 11.1 Å². The fourth-order valence-electron chi connectivity index (χ4n) is 2.53. The van der Waals surface area contributed by atoms with Crippen LogP contribution in [0.5, 0.6) is 0 Å². The molecule has 2 heterocycles. The van der Waals surface area contributed by atoms with Crippen LogP contribution in [0.4, 0.5) is 11.5 Å². The van der Waals surface area contributed by atoms with Gasteiger partial charge >= 0.3 is 5.97 Å². The molecule has 20 heavy (non-hydrogen) atoms. The highest BCUT2D eigenvalue weighted by Crippen LogP contribution is 2.16. The Labute approximate surface area is 119 Å². The van der Waals surface area contributed by atoms with Crippen LogP contribution >= 0.6 is 0 Å². The van der Waals surface area contributed by atoms with Crippen molar-refractivity contribution in [2.45, 2.75) is 19.8 Å². The smallest absolute Gasteiger partial charge is 0.339 e. The Morgan fingerprint density at radius 3 is 2.90 bits per heavy atom. The number of likely N-dealkylation sites (tertiary alicyclic amines) is 1. The SMILES string of the molecule is CC(CNc1ncc(N)cc1C(=O)O)CN1CCCC1. The van der Waals surface area contributed by atoms with Gasteiger partial charge in [-0.2, -0.15) is 0 Å². The second-order valence-corrected chi connectivity index (χ2v) is 5.46. The van der Waals surface area contributed by atoms with E-state index < -0.39 is 5.97 Å². The van der Waals surface area contributed by atoms with Crippen molar-refractivity contribution in [3.05, 3.63) is 17.8 Å². The van der Waals surface area contributed by atoms with E-state index in [0.29, 0.717) is 24.0 Å². The van der Waals surface area contributed by atoms with Gasteiger partial charge in [0.2, 0.25) is 0 Å². The Kier molecular flexibility index (Phi) is 4.79. The minimum Gasteiger partial charge on any atom is -0.478 e. The predicted molar refractivity (Wildman–Crippen MR) is 78.9 cm³/mol. The van der Waals surface area contributed by atoms with Crippen molar-refractivity contribution in [3.8, 4) is 0 Å². The molecule has 1 aliphatic rings. The van der Waals surface area contributed by atoms with Gasteiger partial charge in [0.1, 0.15) is 11.4 Å². The molecule has 0 bridgehead atoms. The Morgan fingerprint density at radius 2 is 2.25 bits per heavy atom. The van der Waals surface area contributed by atoms with Crippen molar-refractivity contribution in [1.29, 1.82) is 0 Å². The Morgan fingerprint density at radius 1 is 1.55 bits per heavy atom. The number of carboxylic acids is 1. The fourth-order valence-corrected chi connectivity index (χ4v) is 2.53. The number of carboxylic acid groups (broad SMARTS) is 1. The van der Waals surface area contributed by atoms with Gasteiger partial charge in [0.15, 0.2) is 0 Å². The molecule has 4 N–H and O–H groups in total. The molecule has 1 atom stereocenters. The molecular formula is C14H22N4O2. The van der Waals surface area contributed by atoms with Gasteiger partial charge in [0.25, 0.3) is 0 Å². The van der Waals surface area contributed by atoms with Gasteiger partial charge < -0.3 is 21.1 Å². The predicted octanol–water partition coefficient (Wildman–Crippen LogP) is 1.51. The summed E-state index contributed by atoms with van der Waals surface area (Å²) in [7, 11) is 0. The Bertz CT molecular complexity index is 472. The van der Waals surface area contributed by atoms with E-state index in [9.17, 15) is 4.79 Å². The van der Waals surface area contributed by atoms with Crippen LogP contribution in [0.15, 0.2) is 12.3 Å². The molecule has 110 valence electrons. The minimum absolute atomic E-state index is 0.123. The zero-order chi connectivity index (χ0) is 14.5. The molecule has 1 aromatic heterocycles. The zero-order valence-electron chi connectivity index (χ0n) is 11.8. The normalized spacial score (nSPS) is 17.1. The zero-order valence-corrected chi connectivity index (χ0v) is 11.8. The summed E-state index contributed by atoms with van der Waals surface area (Å²) >= 11 is 0. The highest BCUT2D eigenvalue weighted by Gasteiger charge is 2.16. The van der Waals surface area contributed by atoms with Crippen LogP contribution in [0.3, 0.4) is 0 Å². The summed E-state index contributed by atoms with van der Waals surface area (Å²) in [6.07, 6.45) is 4.03. The summed E-state index contributed by atoms with van der Waals surface area (Å²) < 4.78 is 0. The molecule has 0 aromatic carbocycles. The number of carbonyl (C=O) groups is 1. The maximum atomic E-state index is 11.2. The maximum Gasteiger partial charge on any atom is 0.339 e. The number of nitrogen functional groups attached to an aromatic ring is 1. The largest absolute Gasteiger partial charge is 0.478 e. The Balaban J connectivity index is 1.91. The monoisotopic (exact) mass is 278 g/mol. The van der Waals surface area contributed by atoms with Gasteiger partial charge in [0, 0.05) is 13.1 Å². The van der Waals surface area contributed by atoms with Gasteiger partial charge in [-0.3, -0.25) is 0 Å². The quantitative estimate of drug-likeness (QED) is 0.730. The number of hydrogen-bond acceptors (Lipinski definition) is 5. The van der Waals surface area contributed by atoms with Gasteiger partial charge in [-0.15, -0.1) is 0 Å². The highest BCUT2D eigenvalue weighted by molar-refractivity contribution is 5.94. The summed E-state index contributed by atoms with van der Waals surface area (Å²) in [6.45, 7) is 6.23. The number of nitrogens with zero attached hydrogens (tertiary/aromatic N) is 2. The van der Waals surface area contributed by atoms with E-state index in [2.05, 4.69) is 22.1 Å². The minimum atomic E-state index is -1.01. The first-order chi connectivity index (χ1) is 9.56. The van der Waals surface area contributed by atoms with Crippen molar-refractivity contribution in [2.24, 2.45) is 5.92 Å². The number of pyridine rings is 1. The summed E-state index contributed by atoms with van der Waals surface area (Å²) in [5.74, 6) is -0.187.